The van der Waals surface area contributed by atoms with E-state index in [9.17, 15) is 0 Å². The van der Waals surface area contributed by atoms with Gasteiger partial charge in [-0.15, -0.1) is 0 Å². The Hall–Kier alpha value is -0.150. The number of hydrogen-bond donors (Lipinski definition) is 2. The molecule has 0 unspecified atom stereocenters. The number of aliphatic hydroxyl groups is 1. The van der Waals surface area contributed by atoms with Crippen molar-refractivity contribution in [2.45, 2.75) is 13.8 Å². The van der Waals surface area contributed by atoms with Gasteiger partial charge in [-0.05, 0) is 13.8 Å². The second kappa shape index (κ2) is 9.28. The van der Waals surface area contributed by atoms with Crippen LogP contribution in [-0.4, -0.2) is 16.7 Å². The number of hydrogen-bond acceptors (Lipinski definition) is 2. The van der Waals surface area contributed by atoms with Crippen molar-refractivity contribution in [1.29, 1.82) is 0 Å². The van der Waals surface area contributed by atoms with Crippen molar-refractivity contribution >= 4 is 17.2 Å². The Morgan fingerprint density at radius 1 is 1.86 bits per heavy atom. The minimum Gasteiger partial charge on any atom is -0.397 e. The summed E-state index contributed by atoms with van der Waals surface area (Å²) in [5.41, 5.74) is 4.84. The van der Waals surface area contributed by atoms with E-state index in [1.165, 1.54) is 0 Å². The Bertz CT molecular complexity index is 43.0. The molecule has 0 aromatic heterocycles. The molecule has 0 aliphatic carbocycles. The summed E-state index contributed by atoms with van der Waals surface area (Å²) in [7, 11) is 0. The first-order valence-corrected chi connectivity index (χ1v) is 2.42. The fraction of sp³-hybridized carbons (Fsp3) is 0.750. The lowest BCUT2D eigenvalue weighted by Crippen LogP contribution is -1.98. The van der Waals surface area contributed by atoms with Crippen LogP contribution >= 0.6 is 12.2 Å². The van der Waals surface area contributed by atoms with Gasteiger partial charge in [0.2, 0.25) is 0 Å². The van der Waals surface area contributed by atoms with Crippen molar-refractivity contribution in [1.82, 2.24) is 0 Å². The van der Waals surface area contributed by atoms with Crippen LogP contribution in [-0.2, 0) is 0 Å². The molecule has 0 rings (SSSR count). The molecule has 0 atom stereocenters. The van der Waals surface area contributed by atoms with Gasteiger partial charge in [0.05, 0.1) is 4.99 Å². The molecule has 3 N–H and O–H groups in total. The van der Waals surface area contributed by atoms with Gasteiger partial charge in [-0.3, -0.25) is 0 Å². The van der Waals surface area contributed by atoms with Gasteiger partial charge < -0.3 is 10.8 Å². The van der Waals surface area contributed by atoms with Crippen LogP contribution in [0.2, 0.25) is 0 Å². The van der Waals surface area contributed by atoms with E-state index in [0.717, 1.165) is 0 Å². The van der Waals surface area contributed by atoms with Gasteiger partial charge in [0, 0.05) is 6.61 Å². The summed E-state index contributed by atoms with van der Waals surface area (Å²) >= 11 is 4.31. The van der Waals surface area contributed by atoms with E-state index in [1.54, 1.807) is 13.8 Å². The van der Waals surface area contributed by atoms with Crippen LogP contribution in [0.3, 0.4) is 0 Å². The molecular formula is C4H11NOS. The molecule has 0 aromatic carbocycles. The minimum atomic E-state index is 0.250. The molecule has 2 nitrogen and oxygen atoms in total. The molecule has 0 fully saturated rings. The van der Waals surface area contributed by atoms with Gasteiger partial charge in [0.15, 0.2) is 0 Å². The fourth-order valence-electron chi connectivity index (χ4n) is 0. The third-order valence-electron chi connectivity index (χ3n) is 0. The number of aliphatic hydroxyl groups excluding tert-OH is 1. The van der Waals surface area contributed by atoms with Crippen molar-refractivity contribution in [3.63, 3.8) is 0 Å². The zero-order chi connectivity index (χ0) is 6.28. The summed E-state index contributed by atoms with van der Waals surface area (Å²) in [5.74, 6) is 0. The maximum absolute atomic E-state index is 7.57. The summed E-state index contributed by atoms with van der Waals surface area (Å²) < 4.78 is 0. The number of nitrogens with two attached hydrogens (primary N) is 1. The second-order valence-corrected chi connectivity index (χ2v) is 1.57. The maximum Gasteiger partial charge on any atom is 0.0695 e. The molecule has 0 aromatic rings. The smallest absolute Gasteiger partial charge is 0.0695 e. The molecule has 3 heteroatoms. The Morgan fingerprint density at radius 3 is 1.86 bits per heavy atom. The number of rotatable bonds is 0. The Morgan fingerprint density at radius 2 is 1.86 bits per heavy atom. The molecular weight excluding hydrogens is 110 g/mol. The Balaban J connectivity index is 0. The topological polar surface area (TPSA) is 46.2 Å². The van der Waals surface area contributed by atoms with Crippen LogP contribution in [0.25, 0.3) is 0 Å². The third kappa shape index (κ3) is 3850. The molecule has 7 heavy (non-hydrogen) atoms. The quantitative estimate of drug-likeness (QED) is 0.453. The van der Waals surface area contributed by atoms with Crippen LogP contribution in [0.1, 0.15) is 13.8 Å². The molecule has 0 saturated heterocycles. The predicted molar refractivity (Wildman–Crippen MR) is 35.2 cm³/mol. The van der Waals surface area contributed by atoms with Crippen LogP contribution in [0.4, 0.5) is 0 Å². The van der Waals surface area contributed by atoms with Crippen molar-refractivity contribution in [3.8, 4) is 0 Å². The summed E-state index contributed by atoms with van der Waals surface area (Å²) in [5, 5.41) is 7.57. The normalized spacial score (nSPS) is 6.14. The van der Waals surface area contributed by atoms with Crippen molar-refractivity contribution in [2.75, 3.05) is 6.61 Å². The van der Waals surface area contributed by atoms with E-state index >= 15 is 0 Å². The fourth-order valence-corrected chi connectivity index (χ4v) is 0. The molecule has 0 bridgehead atoms. The highest BCUT2D eigenvalue weighted by Gasteiger charge is 1.54. The summed E-state index contributed by atoms with van der Waals surface area (Å²) in [6.07, 6.45) is 0. The van der Waals surface area contributed by atoms with Gasteiger partial charge in [0.25, 0.3) is 0 Å². The predicted octanol–water partition coefficient (Wildman–Crippen LogP) is 0.291. The van der Waals surface area contributed by atoms with Crippen LogP contribution < -0.4 is 5.73 Å². The lowest BCUT2D eigenvalue weighted by atomic mass is 10.8. The van der Waals surface area contributed by atoms with Gasteiger partial charge in [0.1, 0.15) is 0 Å². The highest BCUT2D eigenvalue weighted by molar-refractivity contribution is 7.80. The van der Waals surface area contributed by atoms with E-state index in [-0.39, 0.29) is 6.61 Å². The highest BCUT2D eigenvalue weighted by Crippen LogP contribution is 1.48. The van der Waals surface area contributed by atoms with E-state index in [1.807, 2.05) is 0 Å². The van der Waals surface area contributed by atoms with Gasteiger partial charge >= 0.3 is 0 Å². The van der Waals surface area contributed by atoms with Crippen molar-refractivity contribution < 1.29 is 5.11 Å². The lowest BCUT2D eigenvalue weighted by molar-refractivity contribution is 0.318. The molecule has 0 amide bonds. The first-order chi connectivity index (χ1) is 3.15. The standard InChI is InChI=1S/C2H5NS.C2H6O/c1-2(3)4;1-2-3/h1H3,(H2,3,4);3H,2H2,1H3. The van der Waals surface area contributed by atoms with Crippen molar-refractivity contribution in [3.05, 3.63) is 0 Å². The second-order valence-electron chi connectivity index (χ2n) is 0.927. The first kappa shape index (κ1) is 9.97. The van der Waals surface area contributed by atoms with Crippen LogP contribution in [0, 0.1) is 0 Å². The first-order valence-electron chi connectivity index (χ1n) is 2.02. The van der Waals surface area contributed by atoms with Crippen LogP contribution in [0.5, 0.6) is 0 Å². The zero-order valence-electron chi connectivity index (χ0n) is 4.64. The molecule has 44 valence electrons. The Labute approximate surface area is 49.3 Å². The summed E-state index contributed by atoms with van der Waals surface area (Å²) in [4.78, 5) is 0.500. The number of thiocarbonyl (C=S) groups is 1. The average molecular weight is 121 g/mol. The summed E-state index contributed by atoms with van der Waals surface area (Å²) in [6.45, 7) is 3.61. The van der Waals surface area contributed by atoms with Crippen molar-refractivity contribution in [2.24, 2.45) is 5.73 Å². The molecule has 0 radical (unpaired) electrons. The lowest BCUT2D eigenvalue weighted by Gasteiger charge is -1.65. The van der Waals surface area contributed by atoms with Gasteiger partial charge in [-0.1, -0.05) is 12.2 Å². The van der Waals surface area contributed by atoms with Crippen LogP contribution in [0.15, 0.2) is 0 Å². The largest absolute Gasteiger partial charge is 0.397 e. The van der Waals surface area contributed by atoms with Gasteiger partial charge in [-0.25, -0.2) is 0 Å². The monoisotopic (exact) mass is 121 g/mol. The SMILES string of the molecule is CC(N)=S.CCO. The van der Waals surface area contributed by atoms with E-state index in [4.69, 9.17) is 10.8 Å². The molecule has 0 heterocycles. The Kier molecular flexibility index (Phi) is 13.2. The highest BCUT2D eigenvalue weighted by atomic mass is 32.1. The average Bonchev–Trinajstić information content (AvgIpc) is 1.33. The molecule has 0 spiro atoms. The minimum absolute atomic E-state index is 0.250. The summed E-state index contributed by atoms with van der Waals surface area (Å²) in [6, 6.07) is 0. The maximum atomic E-state index is 7.57. The van der Waals surface area contributed by atoms with E-state index in [0.29, 0.717) is 4.99 Å². The van der Waals surface area contributed by atoms with E-state index in [2.05, 4.69) is 12.2 Å². The molecule has 0 aliphatic heterocycles. The molecule has 0 saturated carbocycles. The van der Waals surface area contributed by atoms with E-state index < -0.39 is 0 Å². The zero-order valence-corrected chi connectivity index (χ0v) is 5.46. The molecule has 0 aliphatic rings. The van der Waals surface area contributed by atoms with Gasteiger partial charge in [-0.2, -0.15) is 0 Å². The third-order valence-corrected chi connectivity index (χ3v) is 0.